The summed E-state index contributed by atoms with van der Waals surface area (Å²) in [6.07, 6.45) is 7.85. The third-order valence-corrected chi connectivity index (χ3v) is 9.41. The number of allylic oxidation sites excluding steroid dienone is 2. The summed E-state index contributed by atoms with van der Waals surface area (Å²) in [6.45, 7) is 7.65. The van der Waals surface area contributed by atoms with Crippen molar-refractivity contribution in [3.8, 4) is 0 Å². The Morgan fingerprint density at radius 3 is 2.33 bits per heavy atom. The van der Waals surface area contributed by atoms with E-state index >= 15 is 0 Å². The Morgan fingerprint density at radius 1 is 1.00 bits per heavy atom. The number of nitrogens with zero attached hydrogens (tertiary/aromatic N) is 2. The van der Waals surface area contributed by atoms with Gasteiger partial charge in [0.1, 0.15) is 32.0 Å². The van der Waals surface area contributed by atoms with Crippen LogP contribution in [0.3, 0.4) is 0 Å². The first kappa shape index (κ1) is 38.6. The number of rotatable bonds is 18. The second-order valence-electron chi connectivity index (χ2n) is 12.8. The maximum absolute atomic E-state index is 13.9. The Hall–Kier alpha value is -3.83. The summed E-state index contributed by atoms with van der Waals surface area (Å²) in [5.41, 5.74) is -0.157. The minimum Gasteiger partial charge on any atom is -0.463 e. The Balaban J connectivity index is 0.00000625. The molecule has 1 aromatic rings. The number of benzene rings is 1. The van der Waals surface area contributed by atoms with Crippen LogP contribution in [-0.4, -0.2) is 97.5 Å². The number of amides is 2. The smallest absolute Gasteiger partial charge is 0.332 e. The molecule has 3 atom stereocenters. The lowest BCUT2D eigenvalue weighted by Crippen LogP contribution is -2.67. The van der Waals surface area contributed by atoms with Crippen molar-refractivity contribution in [3.05, 3.63) is 61.2 Å². The quantitative estimate of drug-likeness (QED) is 0.127. The van der Waals surface area contributed by atoms with Crippen molar-refractivity contribution in [3.63, 3.8) is 0 Å². The van der Waals surface area contributed by atoms with Crippen molar-refractivity contribution in [2.24, 2.45) is 11.3 Å². The number of piperazine rings is 1. The van der Waals surface area contributed by atoms with E-state index in [0.29, 0.717) is 38.5 Å². The maximum atomic E-state index is 13.9. The number of ether oxygens (including phenoxy) is 4. The van der Waals surface area contributed by atoms with Gasteiger partial charge in [-0.05, 0) is 50.5 Å². The first-order chi connectivity index (χ1) is 22.7. The van der Waals surface area contributed by atoms with Gasteiger partial charge in [-0.3, -0.25) is 19.2 Å². The number of carbonyl (C=O) groups excluding carboxylic acids is 5. The molecule has 2 aliphatic heterocycles. The maximum Gasteiger partial charge on any atom is 0.332 e. The minimum atomic E-state index is -1.09. The summed E-state index contributed by atoms with van der Waals surface area (Å²) < 4.78 is 22.1. The summed E-state index contributed by atoms with van der Waals surface area (Å²) in [4.78, 5) is 69.7. The number of piperidine rings is 1. The zero-order valence-electron chi connectivity index (χ0n) is 27.4. The molecule has 2 heterocycles. The van der Waals surface area contributed by atoms with Crippen LogP contribution in [0.2, 0.25) is 0 Å². The van der Waals surface area contributed by atoms with E-state index in [9.17, 15) is 24.0 Å². The summed E-state index contributed by atoms with van der Waals surface area (Å²) in [5.74, 6) is -2.92. The predicted octanol–water partition coefficient (Wildman–Crippen LogP) is 4.43. The van der Waals surface area contributed by atoms with E-state index in [1.54, 1.807) is 17.1 Å². The SMILES string of the molecule is C.C=CCC(CC=C)C(=O)OC[C@@H](CN1CC2CCCC(C1=O)N2C(=O)C(=O)C1(COC(=O)COC)CCCC1)OCc1ccccc1. The normalized spacial score (nSPS) is 20.4. The van der Waals surface area contributed by atoms with Crippen LogP contribution < -0.4 is 0 Å². The van der Waals surface area contributed by atoms with Crippen molar-refractivity contribution >= 4 is 29.5 Å². The first-order valence-electron chi connectivity index (χ1n) is 16.6. The van der Waals surface area contributed by atoms with Gasteiger partial charge in [0.2, 0.25) is 11.7 Å². The molecule has 4 rings (SSSR count). The molecule has 2 unspecified atom stereocenters. The Labute approximate surface area is 284 Å². The lowest BCUT2D eigenvalue weighted by Gasteiger charge is -2.50. The molecule has 3 aliphatic rings. The van der Waals surface area contributed by atoms with Crippen molar-refractivity contribution in [2.75, 3.05) is 40.0 Å². The Bertz CT molecular complexity index is 1270. The van der Waals surface area contributed by atoms with Crippen molar-refractivity contribution in [1.82, 2.24) is 9.80 Å². The summed E-state index contributed by atoms with van der Waals surface area (Å²) in [6, 6.07) is 8.46. The highest BCUT2D eigenvalue weighted by Gasteiger charge is 2.52. The fraction of sp³-hybridized carbons (Fsp3) is 0.595. The minimum absolute atomic E-state index is 0. The van der Waals surface area contributed by atoms with Crippen molar-refractivity contribution < 1.29 is 42.9 Å². The zero-order chi connectivity index (χ0) is 33.8. The van der Waals surface area contributed by atoms with Gasteiger partial charge in [0.15, 0.2) is 0 Å². The molecule has 1 aromatic carbocycles. The van der Waals surface area contributed by atoms with E-state index in [4.69, 9.17) is 18.9 Å². The van der Waals surface area contributed by atoms with E-state index in [1.165, 1.54) is 12.0 Å². The molecule has 2 bridgehead atoms. The number of methoxy groups -OCH3 is 1. The molecule has 2 amide bonds. The lowest BCUT2D eigenvalue weighted by molar-refractivity contribution is -0.169. The molecule has 2 saturated heterocycles. The van der Waals surface area contributed by atoms with E-state index in [-0.39, 0.29) is 64.9 Å². The van der Waals surface area contributed by atoms with Gasteiger partial charge in [0, 0.05) is 13.7 Å². The largest absolute Gasteiger partial charge is 0.463 e. The summed E-state index contributed by atoms with van der Waals surface area (Å²) in [7, 11) is 1.38. The molecular formula is C37H52N2O9. The van der Waals surface area contributed by atoms with Crippen LogP contribution in [0.15, 0.2) is 55.6 Å². The molecule has 48 heavy (non-hydrogen) atoms. The van der Waals surface area contributed by atoms with Crippen LogP contribution in [0, 0.1) is 11.3 Å². The van der Waals surface area contributed by atoms with Gasteiger partial charge in [-0.15, -0.1) is 13.2 Å². The number of likely N-dealkylation sites (tertiary alicyclic amines) is 1. The zero-order valence-corrected chi connectivity index (χ0v) is 27.4. The van der Waals surface area contributed by atoms with Gasteiger partial charge in [0.25, 0.3) is 5.91 Å². The molecule has 0 aromatic heterocycles. The molecule has 1 saturated carbocycles. The van der Waals surface area contributed by atoms with Gasteiger partial charge in [-0.1, -0.05) is 62.8 Å². The van der Waals surface area contributed by atoms with Crippen LogP contribution in [0.25, 0.3) is 0 Å². The molecule has 0 spiro atoms. The van der Waals surface area contributed by atoms with Crippen molar-refractivity contribution in [1.29, 1.82) is 0 Å². The number of esters is 2. The number of hydrogen-bond acceptors (Lipinski definition) is 9. The number of Topliss-reactive ketones (excluding diaryl/α,β-unsaturated/α-hetero) is 1. The Kier molecular flexibility index (Phi) is 15.0. The molecule has 0 N–H and O–H groups in total. The molecular weight excluding hydrogens is 616 g/mol. The van der Waals surface area contributed by atoms with Crippen LogP contribution in [-0.2, 0) is 49.5 Å². The topological polar surface area (TPSA) is 129 Å². The molecule has 264 valence electrons. The van der Waals surface area contributed by atoms with Gasteiger partial charge in [-0.25, -0.2) is 4.79 Å². The third-order valence-electron chi connectivity index (χ3n) is 9.41. The number of ketones is 1. The van der Waals surface area contributed by atoms with Gasteiger partial charge in [0.05, 0.1) is 30.5 Å². The molecule has 11 heteroatoms. The highest BCUT2D eigenvalue weighted by Crippen LogP contribution is 2.41. The van der Waals surface area contributed by atoms with Crippen LogP contribution in [0.1, 0.15) is 70.8 Å². The standard InChI is InChI=1S/C36H48N2O9.CH4/c1-4-12-27(13-5-2)35(43)46-23-29(45-22-26-14-7-6-8-15-26)21-37-20-28-16-11-17-30(33(37)41)38(28)34(42)32(40)36(18-9-10-19-36)25-47-31(39)24-44-3;/h4-8,14-15,27-30H,1-2,9-13,16-25H2,3H3;1H4/t28?,29-,30?;/m1./s1. The fourth-order valence-electron chi connectivity index (χ4n) is 6.91. The highest BCUT2D eigenvalue weighted by molar-refractivity contribution is 6.38. The molecule has 1 aliphatic carbocycles. The van der Waals surface area contributed by atoms with Crippen LogP contribution in [0.5, 0.6) is 0 Å². The average molecular weight is 669 g/mol. The first-order valence-corrected chi connectivity index (χ1v) is 16.6. The van der Waals surface area contributed by atoms with E-state index in [0.717, 1.165) is 24.8 Å². The average Bonchev–Trinajstić information content (AvgIpc) is 3.57. The van der Waals surface area contributed by atoms with Gasteiger partial charge >= 0.3 is 11.9 Å². The lowest BCUT2D eigenvalue weighted by atomic mass is 9.80. The van der Waals surface area contributed by atoms with E-state index < -0.39 is 41.1 Å². The molecule has 0 radical (unpaired) electrons. The van der Waals surface area contributed by atoms with Gasteiger partial charge in [-0.2, -0.15) is 0 Å². The number of fused-ring (bicyclic) bond motifs is 2. The number of hydrogen-bond donors (Lipinski definition) is 0. The second kappa shape index (κ2) is 18.6. The second-order valence-corrected chi connectivity index (χ2v) is 12.8. The van der Waals surface area contributed by atoms with E-state index in [2.05, 4.69) is 13.2 Å². The summed E-state index contributed by atoms with van der Waals surface area (Å²) >= 11 is 0. The molecule has 11 nitrogen and oxygen atoms in total. The number of carbonyl (C=O) groups is 5. The monoisotopic (exact) mass is 668 g/mol. The highest BCUT2D eigenvalue weighted by atomic mass is 16.6. The Morgan fingerprint density at radius 2 is 1.69 bits per heavy atom. The van der Waals surface area contributed by atoms with Crippen molar-refractivity contribution in [2.45, 2.75) is 90.0 Å². The van der Waals surface area contributed by atoms with Gasteiger partial charge < -0.3 is 28.7 Å². The summed E-state index contributed by atoms with van der Waals surface area (Å²) in [5, 5.41) is 0. The molecule has 3 fully saturated rings. The predicted molar refractivity (Wildman–Crippen MR) is 179 cm³/mol. The third kappa shape index (κ3) is 9.63. The fourth-order valence-corrected chi connectivity index (χ4v) is 6.91. The van der Waals surface area contributed by atoms with Crippen LogP contribution >= 0.6 is 0 Å². The van der Waals surface area contributed by atoms with E-state index in [1.807, 2.05) is 30.3 Å². The van der Waals surface area contributed by atoms with Crippen LogP contribution in [0.4, 0.5) is 0 Å².